The summed E-state index contributed by atoms with van der Waals surface area (Å²) in [5, 5.41) is 135. The van der Waals surface area contributed by atoms with Gasteiger partial charge in [0.2, 0.25) is 0 Å². The summed E-state index contributed by atoms with van der Waals surface area (Å²) in [7, 11) is -4.88. The van der Waals surface area contributed by atoms with Gasteiger partial charge in [-0.2, -0.15) is 8.42 Å². The standard InChI is InChI=1S/C56H92O27S/c1-21(2)10-13-34(57)56(9,69)33-12-11-28-27-19-31(30-18-26(83-84(70,71)72)14-16-54(30,7)29(27)15-17-55(28,33)8)78-51-45(68)46(38(61)25(6)76-51)80-52-47(81-49-43(66)40(63)35(58)22(3)74-49)39(62)32(20-73-52)79-53-48(42(65)37(60)24(5)77-53)82-50-44(67)41(64)36(59)23(4)75-50/h15,21-28,30-33,35-53,58-69H,10-14,16-20H2,1-9H3,(H,70,71,72). The quantitative estimate of drug-likeness (QED) is 0.0573. The molecule has 9 aliphatic rings. The van der Waals surface area contributed by atoms with Gasteiger partial charge in [-0.3, -0.25) is 9.35 Å². The highest BCUT2D eigenvalue weighted by molar-refractivity contribution is 7.80. The highest BCUT2D eigenvalue weighted by Crippen LogP contribution is 2.67. The Balaban J connectivity index is 0.980. The lowest BCUT2D eigenvalue weighted by molar-refractivity contribution is -0.397. The third-order valence-corrected chi connectivity index (χ3v) is 21.0. The summed E-state index contributed by atoms with van der Waals surface area (Å²) < 4.78 is 101. The molecule has 0 bridgehead atoms. The van der Waals surface area contributed by atoms with E-state index in [1.54, 1.807) is 6.92 Å². The fourth-order valence-corrected chi connectivity index (χ4v) is 16.0. The Hall–Kier alpha value is -1.60. The van der Waals surface area contributed by atoms with Crippen LogP contribution in [0.25, 0.3) is 0 Å². The van der Waals surface area contributed by atoms with Crippen LogP contribution >= 0.6 is 0 Å². The van der Waals surface area contributed by atoms with E-state index < -0.39 is 199 Å². The number of rotatable bonds is 17. The molecule has 0 aromatic heterocycles. The van der Waals surface area contributed by atoms with Crippen LogP contribution in [0.1, 0.15) is 120 Å². The average Bonchev–Trinajstić information content (AvgIpc) is 1.36. The Morgan fingerprint density at radius 3 is 1.70 bits per heavy atom. The van der Waals surface area contributed by atoms with Gasteiger partial charge in [0.1, 0.15) is 97.2 Å². The molecule has 8 fully saturated rings. The van der Waals surface area contributed by atoms with E-state index in [9.17, 15) is 79.0 Å². The van der Waals surface area contributed by atoms with Gasteiger partial charge in [0.15, 0.2) is 37.2 Å². The average molecular weight is 1230 g/mol. The lowest BCUT2D eigenvalue weighted by atomic mass is 9.47. The maximum absolute atomic E-state index is 13.8. The molecule has 0 amide bonds. The zero-order valence-electron chi connectivity index (χ0n) is 49.0. The maximum Gasteiger partial charge on any atom is 0.397 e. The second-order valence-corrected chi connectivity index (χ2v) is 27.5. The summed E-state index contributed by atoms with van der Waals surface area (Å²) in [5.41, 5.74) is -1.63. The smallest absolute Gasteiger partial charge is 0.388 e. The van der Waals surface area contributed by atoms with Crippen molar-refractivity contribution < 1.29 is 131 Å². The first-order chi connectivity index (χ1) is 39.2. The van der Waals surface area contributed by atoms with E-state index in [1.807, 2.05) is 13.8 Å². The molecule has 0 spiro atoms. The van der Waals surface area contributed by atoms with E-state index in [2.05, 4.69) is 19.9 Å². The molecule has 0 aromatic carbocycles. The van der Waals surface area contributed by atoms with Crippen molar-refractivity contribution in [2.75, 3.05) is 6.61 Å². The zero-order chi connectivity index (χ0) is 61.6. The third kappa shape index (κ3) is 12.9. The van der Waals surface area contributed by atoms with Crippen molar-refractivity contribution in [3.63, 3.8) is 0 Å². The van der Waals surface area contributed by atoms with Gasteiger partial charge in [-0.1, -0.05) is 39.3 Å². The highest BCUT2D eigenvalue weighted by Gasteiger charge is 2.64. The van der Waals surface area contributed by atoms with Crippen molar-refractivity contribution in [1.29, 1.82) is 0 Å². The van der Waals surface area contributed by atoms with E-state index in [4.69, 9.17) is 51.6 Å². The summed E-state index contributed by atoms with van der Waals surface area (Å²) in [6.45, 7) is 15.0. The number of aliphatic hydroxyl groups excluding tert-OH is 11. The predicted octanol–water partition coefficient (Wildman–Crippen LogP) is -1.65. The molecule has 3 saturated carbocycles. The lowest BCUT2D eigenvalue weighted by Gasteiger charge is -2.60. The van der Waals surface area contributed by atoms with Crippen LogP contribution in [0.2, 0.25) is 0 Å². The molecule has 0 radical (unpaired) electrons. The number of hydrogen-bond donors (Lipinski definition) is 13. The number of aliphatic hydroxyl groups is 12. The third-order valence-electron chi connectivity index (χ3n) is 20.5. The van der Waals surface area contributed by atoms with Gasteiger partial charge in [-0.05, 0) is 120 Å². The first-order valence-electron chi connectivity index (χ1n) is 29.8. The molecule has 33 atom stereocenters. The number of fused-ring (bicyclic) bond motifs is 5. The van der Waals surface area contributed by atoms with Gasteiger partial charge in [0, 0.05) is 12.3 Å². The van der Waals surface area contributed by atoms with Crippen molar-refractivity contribution in [1.82, 2.24) is 0 Å². The molecule has 28 heteroatoms. The van der Waals surface area contributed by atoms with Crippen molar-refractivity contribution in [3.05, 3.63) is 11.6 Å². The summed E-state index contributed by atoms with van der Waals surface area (Å²) in [6, 6.07) is 0. The molecule has 5 saturated heterocycles. The van der Waals surface area contributed by atoms with Gasteiger partial charge < -0.3 is 109 Å². The van der Waals surface area contributed by atoms with Gasteiger partial charge in [-0.15, -0.1) is 0 Å². The minimum absolute atomic E-state index is 0.0370. The maximum atomic E-state index is 13.8. The number of carbonyl (C=O) groups excluding carboxylic acids is 1. The number of ether oxygens (including phenoxy) is 10. The second-order valence-electron chi connectivity index (χ2n) is 26.5. The van der Waals surface area contributed by atoms with Crippen molar-refractivity contribution in [2.24, 2.45) is 40.4 Å². The van der Waals surface area contributed by atoms with Crippen LogP contribution in [0.3, 0.4) is 0 Å². The van der Waals surface area contributed by atoms with E-state index in [1.165, 1.54) is 27.7 Å². The molecule has 27 nitrogen and oxygen atoms in total. The zero-order valence-corrected chi connectivity index (χ0v) is 49.8. The van der Waals surface area contributed by atoms with E-state index in [-0.39, 0.29) is 48.7 Å². The summed E-state index contributed by atoms with van der Waals surface area (Å²) in [4.78, 5) is 13.8. The van der Waals surface area contributed by atoms with Crippen LogP contribution in [0.15, 0.2) is 11.6 Å². The summed E-state index contributed by atoms with van der Waals surface area (Å²) >= 11 is 0. The first-order valence-corrected chi connectivity index (χ1v) is 31.2. The molecule has 33 unspecified atom stereocenters. The molecular weight excluding hydrogens is 1140 g/mol. The van der Waals surface area contributed by atoms with Crippen LogP contribution in [0, 0.1) is 40.4 Å². The van der Waals surface area contributed by atoms with Crippen LogP contribution < -0.4 is 0 Å². The molecule has 84 heavy (non-hydrogen) atoms. The van der Waals surface area contributed by atoms with Crippen molar-refractivity contribution in [2.45, 2.75) is 285 Å². The SMILES string of the molecule is CC(C)CCC(=O)C(C)(O)C1CCC2C3CC(OC4OC(C)C(O)C(OC5OCC(OC6OC(C)C(O)C(O)C6OC6OC(C)C(O)C(O)C6O)C(O)C5OC5OC(C)C(O)C(O)C5O)C4O)C4CC(OS(=O)(=O)O)CCC4(C)C3=CCC21C. The Labute approximate surface area is 489 Å². The van der Waals surface area contributed by atoms with Crippen molar-refractivity contribution in [3.8, 4) is 0 Å². The van der Waals surface area contributed by atoms with E-state index in [0.29, 0.717) is 38.5 Å². The van der Waals surface area contributed by atoms with E-state index in [0.717, 1.165) is 5.57 Å². The number of Topliss-reactive ketones (excluding diaryl/α,β-unsaturated/α-hetero) is 1. The van der Waals surface area contributed by atoms with Gasteiger partial charge >= 0.3 is 10.4 Å². The van der Waals surface area contributed by atoms with Gasteiger partial charge in [0.25, 0.3) is 0 Å². The topological polar surface area (TPSA) is 416 Å². The molecule has 5 aliphatic heterocycles. The normalized spacial score (nSPS) is 51.7. The minimum atomic E-state index is -4.88. The van der Waals surface area contributed by atoms with Crippen LogP contribution in [-0.4, -0.2) is 252 Å². The molecule has 0 aromatic rings. The number of allylic oxidation sites excluding steroid dienone is 2. The fraction of sp³-hybridized carbons (Fsp3) is 0.946. The highest BCUT2D eigenvalue weighted by atomic mass is 32.3. The monoisotopic (exact) mass is 1230 g/mol. The summed E-state index contributed by atoms with van der Waals surface area (Å²) in [5.74, 6) is -1.01. The number of ketones is 1. The molecule has 9 rings (SSSR count). The van der Waals surface area contributed by atoms with Gasteiger partial charge in [-0.25, -0.2) is 4.18 Å². The Morgan fingerprint density at radius 1 is 0.619 bits per heavy atom. The lowest BCUT2D eigenvalue weighted by Crippen LogP contribution is -2.66. The molecule has 484 valence electrons. The second kappa shape index (κ2) is 25.6. The molecule has 5 heterocycles. The van der Waals surface area contributed by atoms with Crippen LogP contribution in [0.5, 0.6) is 0 Å². The first kappa shape index (κ1) is 66.8. The van der Waals surface area contributed by atoms with E-state index >= 15 is 0 Å². The fourth-order valence-electron chi connectivity index (χ4n) is 15.4. The summed E-state index contributed by atoms with van der Waals surface area (Å²) in [6.07, 6.45) is -35.0. The van der Waals surface area contributed by atoms with Gasteiger partial charge in [0.05, 0.1) is 43.2 Å². The minimum Gasteiger partial charge on any atom is -0.388 e. The van der Waals surface area contributed by atoms with Crippen molar-refractivity contribution >= 4 is 16.2 Å². The molecule has 13 N–H and O–H groups in total. The number of hydrogen-bond acceptors (Lipinski definition) is 26. The Bertz CT molecular complexity index is 2400. The van der Waals surface area contributed by atoms with Crippen LogP contribution in [-0.2, 0) is 66.7 Å². The predicted molar refractivity (Wildman–Crippen MR) is 284 cm³/mol. The molecule has 4 aliphatic carbocycles. The largest absolute Gasteiger partial charge is 0.397 e. The number of carbonyl (C=O) groups is 1. The Morgan fingerprint density at radius 2 is 1.13 bits per heavy atom. The molecular formula is C56H92O27S. The Kier molecular flexibility index (Phi) is 20.4. The van der Waals surface area contributed by atoms with Crippen LogP contribution in [0.4, 0.5) is 0 Å².